The second-order valence-corrected chi connectivity index (χ2v) is 3.72. The molecule has 14 heavy (non-hydrogen) atoms. The van der Waals surface area contributed by atoms with E-state index in [1.807, 2.05) is 6.07 Å². The molecule has 0 aliphatic carbocycles. The van der Waals surface area contributed by atoms with Gasteiger partial charge in [0.25, 0.3) is 0 Å². The van der Waals surface area contributed by atoms with Crippen LogP contribution in [-0.4, -0.2) is 18.5 Å². The van der Waals surface area contributed by atoms with Gasteiger partial charge in [0, 0.05) is 17.4 Å². The Kier molecular flexibility index (Phi) is 2.56. The van der Waals surface area contributed by atoms with Crippen molar-refractivity contribution in [1.82, 2.24) is 0 Å². The van der Waals surface area contributed by atoms with Crippen LogP contribution in [0, 0.1) is 0 Å². The third-order valence-corrected chi connectivity index (χ3v) is 2.64. The van der Waals surface area contributed by atoms with Crippen molar-refractivity contribution in [1.29, 1.82) is 0 Å². The first-order valence-electron chi connectivity index (χ1n) is 4.45. The molecular formula is C10H12O3S. The summed E-state index contributed by atoms with van der Waals surface area (Å²) in [7, 11) is 1.58. The zero-order chi connectivity index (χ0) is 10.1. The third-order valence-electron chi connectivity index (χ3n) is 2.29. The zero-order valence-corrected chi connectivity index (χ0v) is 8.75. The standard InChI is InChI=1S/C10H12O3S/c1-12-8-5-7-6(4-9(8)14)2-3-10(11)13-7/h4-5,10-11,14H,2-3H2,1H3. The second kappa shape index (κ2) is 3.71. The van der Waals surface area contributed by atoms with Gasteiger partial charge in [-0.2, -0.15) is 0 Å². The summed E-state index contributed by atoms with van der Waals surface area (Å²) in [4.78, 5) is 0.797. The van der Waals surface area contributed by atoms with Crippen LogP contribution < -0.4 is 9.47 Å². The minimum atomic E-state index is -0.696. The Hall–Kier alpha value is -0.870. The molecule has 1 aromatic rings. The van der Waals surface area contributed by atoms with Crippen LogP contribution in [0.3, 0.4) is 0 Å². The van der Waals surface area contributed by atoms with Crippen molar-refractivity contribution in [2.45, 2.75) is 24.0 Å². The Morgan fingerprint density at radius 3 is 3.07 bits per heavy atom. The summed E-state index contributed by atoms with van der Waals surface area (Å²) in [6.45, 7) is 0. The van der Waals surface area contributed by atoms with Crippen LogP contribution >= 0.6 is 12.6 Å². The fourth-order valence-electron chi connectivity index (χ4n) is 1.55. The Morgan fingerprint density at radius 1 is 1.57 bits per heavy atom. The average molecular weight is 212 g/mol. The average Bonchev–Trinajstić information content (AvgIpc) is 2.17. The number of rotatable bonds is 1. The second-order valence-electron chi connectivity index (χ2n) is 3.24. The largest absolute Gasteiger partial charge is 0.495 e. The Bertz CT molecular complexity index is 351. The summed E-state index contributed by atoms with van der Waals surface area (Å²) in [5.41, 5.74) is 1.07. The number of aliphatic hydroxyl groups is 1. The van der Waals surface area contributed by atoms with Crippen LogP contribution in [0.15, 0.2) is 17.0 Å². The Morgan fingerprint density at radius 2 is 2.36 bits per heavy atom. The molecule has 3 nitrogen and oxygen atoms in total. The van der Waals surface area contributed by atoms with Crippen LogP contribution in [0.2, 0.25) is 0 Å². The fourth-order valence-corrected chi connectivity index (χ4v) is 1.86. The van der Waals surface area contributed by atoms with E-state index < -0.39 is 6.29 Å². The molecule has 1 N–H and O–H groups in total. The number of ether oxygens (including phenoxy) is 2. The molecule has 1 heterocycles. The molecule has 1 atom stereocenters. The van der Waals surface area contributed by atoms with Gasteiger partial charge in [0.15, 0.2) is 6.29 Å². The van der Waals surface area contributed by atoms with Crippen LogP contribution in [0.5, 0.6) is 11.5 Å². The zero-order valence-electron chi connectivity index (χ0n) is 7.86. The van der Waals surface area contributed by atoms with E-state index in [0.29, 0.717) is 17.9 Å². The molecule has 1 aliphatic heterocycles. The predicted octanol–water partition coefficient (Wildman–Crippen LogP) is 1.63. The molecular weight excluding hydrogens is 200 g/mol. The van der Waals surface area contributed by atoms with Crippen LogP contribution in [-0.2, 0) is 6.42 Å². The molecule has 1 aliphatic rings. The summed E-state index contributed by atoms with van der Waals surface area (Å²) >= 11 is 4.29. The summed E-state index contributed by atoms with van der Waals surface area (Å²) in [5, 5.41) is 9.31. The van der Waals surface area contributed by atoms with Gasteiger partial charge in [-0.05, 0) is 18.1 Å². The maximum atomic E-state index is 9.31. The lowest BCUT2D eigenvalue weighted by molar-refractivity contribution is -0.0318. The van der Waals surface area contributed by atoms with E-state index >= 15 is 0 Å². The fraction of sp³-hybridized carbons (Fsp3) is 0.400. The van der Waals surface area contributed by atoms with E-state index in [9.17, 15) is 5.11 Å². The third kappa shape index (κ3) is 1.67. The van der Waals surface area contributed by atoms with E-state index in [1.54, 1.807) is 13.2 Å². The van der Waals surface area contributed by atoms with Gasteiger partial charge in [0.05, 0.1) is 7.11 Å². The van der Waals surface area contributed by atoms with Crippen molar-refractivity contribution in [2.75, 3.05) is 7.11 Å². The normalized spacial score (nSPS) is 19.8. The topological polar surface area (TPSA) is 38.7 Å². The number of hydrogen-bond acceptors (Lipinski definition) is 4. The Balaban J connectivity index is 2.41. The smallest absolute Gasteiger partial charge is 0.197 e. The first-order valence-corrected chi connectivity index (χ1v) is 4.90. The lowest BCUT2D eigenvalue weighted by Gasteiger charge is -2.23. The monoisotopic (exact) mass is 212 g/mol. The van der Waals surface area contributed by atoms with Crippen molar-refractivity contribution < 1.29 is 14.6 Å². The summed E-state index contributed by atoms with van der Waals surface area (Å²) < 4.78 is 10.4. The molecule has 0 saturated heterocycles. The first kappa shape index (κ1) is 9.68. The SMILES string of the molecule is COc1cc2c(cc1S)CCC(O)O2. The summed E-state index contributed by atoms with van der Waals surface area (Å²) in [6.07, 6.45) is 0.749. The highest BCUT2D eigenvalue weighted by Gasteiger charge is 2.19. The number of benzene rings is 1. The van der Waals surface area contributed by atoms with Crippen molar-refractivity contribution >= 4 is 12.6 Å². The lowest BCUT2D eigenvalue weighted by Crippen LogP contribution is -2.21. The number of methoxy groups -OCH3 is 1. The minimum Gasteiger partial charge on any atom is -0.495 e. The minimum absolute atomic E-state index is 0.631. The molecule has 1 unspecified atom stereocenters. The van der Waals surface area contributed by atoms with Crippen molar-refractivity contribution in [2.24, 2.45) is 0 Å². The molecule has 76 valence electrons. The summed E-state index contributed by atoms with van der Waals surface area (Å²) in [5.74, 6) is 1.36. The predicted molar refractivity (Wildman–Crippen MR) is 55.2 cm³/mol. The maximum Gasteiger partial charge on any atom is 0.197 e. The van der Waals surface area contributed by atoms with Crippen LogP contribution in [0.25, 0.3) is 0 Å². The van der Waals surface area contributed by atoms with Crippen LogP contribution in [0.4, 0.5) is 0 Å². The van der Waals surface area contributed by atoms with Crippen molar-refractivity contribution in [3.8, 4) is 11.5 Å². The van der Waals surface area contributed by atoms with Gasteiger partial charge in [-0.1, -0.05) is 0 Å². The molecule has 0 spiro atoms. The van der Waals surface area contributed by atoms with E-state index in [2.05, 4.69) is 12.6 Å². The van der Waals surface area contributed by atoms with E-state index in [1.165, 1.54) is 0 Å². The lowest BCUT2D eigenvalue weighted by atomic mass is 10.1. The molecule has 0 aromatic heterocycles. The number of fused-ring (bicyclic) bond motifs is 1. The van der Waals surface area contributed by atoms with Gasteiger partial charge in [0.2, 0.25) is 0 Å². The molecule has 2 rings (SSSR count). The molecule has 4 heteroatoms. The van der Waals surface area contributed by atoms with E-state index in [0.717, 1.165) is 16.9 Å². The quantitative estimate of drug-likeness (QED) is 0.695. The van der Waals surface area contributed by atoms with Gasteiger partial charge in [0.1, 0.15) is 11.5 Å². The Labute approximate surface area is 88.1 Å². The molecule has 1 aromatic carbocycles. The van der Waals surface area contributed by atoms with Gasteiger partial charge < -0.3 is 14.6 Å². The maximum absolute atomic E-state index is 9.31. The first-order chi connectivity index (χ1) is 6.70. The highest BCUT2D eigenvalue weighted by molar-refractivity contribution is 7.80. The van der Waals surface area contributed by atoms with Crippen molar-refractivity contribution in [3.05, 3.63) is 17.7 Å². The number of aliphatic hydroxyl groups excluding tert-OH is 1. The van der Waals surface area contributed by atoms with Crippen molar-refractivity contribution in [3.63, 3.8) is 0 Å². The number of aryl methyl sites for hydroxylation is 1. The highest BCUT2D eigenvalue weighted by atomic mass is 32.1. The van der Waals surface area contributed by atoms with Gasteiger partial charge in [-0.3, -0.25) is 0 Å². The summed E-state index contributed by atoms with van der Waals surface area (Å²) in [6, 6.07) is 3.68. The molecule has 0 radical (unpaired) electrons. The number of hydrogen-bond donors (Lipinski definition) is 2. The highest BCUT2D eigenvalue weighted by Crippen LogP contribution is 2.35. The van der Waals surface area contributed by atoms with Gasteiger partial charge >= 0.3 is 0 Å². The van der Waals surface area contributed by atoms with E-state index in [4.69, 9.17) is 9.47 Å². The number of thiol groups is 1. The molecule has 0 bridgehead atoms. The molecule has 0 amide bonds. The van der Waals surface area contributed by atoms with Gasteiger partial charge in [-0.15, -0.1) is 12.6 Å². The molecule has 0 fully saturated rings. The van der Waals surface area contributed by atoms with E-state index in [-0.39, 0.29) is 0 Å². The van der Waals surface area contributed by atoms with Gasteiger partial charge in [-0.25, -0.2) is 0 Å². The van der Waals surface area contributed by atoms with Crippen LogP contribution in [0.1, 0.15) is 12.0 Å². The molecule has 0 saturated carbocycles.